The van der Waals surface area contributed by atoms with E-state index in [0.717, 1.165) is 12.8 Å². The van der Waals surface area contributed by atoms with Crippen LogP contribution in [0.15, 0.2) is 23.7 Å². The molecule has 0 aromatic carbocycles. The molecule has 3 rings (SSSR count). The zero-order chi connectivity index (χ0) is 17.0. The minimum Gasteiger partial charge on any atom is -0.368 e. The van der Waals surface area contributed by atoms with Crippen molar-refractivity contribution in [1.29, 1.82) is 0 Å². The fourth-order valence-corrected chi connectivity index (χ4v) is 4.29. The van der Waals surface area contributed by atoms with Gasteiger partial charge >= 0.3 is 0 Å². The Bertz CT molecular complexity index is 704. The van der Waals surface area contributed by atoms with Crippen molar-refractivity contribution < 1.29 is 9.59 Å². The van der Waals surface area contributed by atoms with Gasteiger partial charge in [-0.3, -0.25) is 9.59 Å². The predicted molar refractivity (Wildman–Crippen MR) is 90.6 cm³/mol. The maximum Gasteiger partial charge on any atom is 0.273 e. The number of carbonyl (C=O) groups is 2. The summed E-state index contributed by atoms with van der Waals surface area (Å²) in [6, 6.07) is 4.22. The number of hydrogen-bond acceptors (Lipinski definition) is 5. The molecule has 1 fully saturated rings. The smallest absolute Gasteiger partial charge is 0.273 e. The second-order valence-electron chi connectivity index (χ2n) is 6.27. The van der Waals surface area contributed by atoms with E-state index in [1.165, 1.54) is 35.0 Å². The van der Waals surface area contributed by atoms with E-state index in [-0.39, 0.29) is 23.6 Å². The molecular formula is C16H21N5O2S. The van der Waals surface area contributed by atoms with Crippen molar-refractivity contribution in [2.45, 2.75) is 44.1 Å². The first-order valence-corrected chi connectivity index (χ1v) is 8.98. The molecule has 3 N–H and O–H groups in total. The fourth-order valence-electron chi connectivity index (χ4n) is 3.30. The molecule has 8 heteroatoms. The van der Waals surface area contributed by atoms with Crippen molar-refractivity contribution in [2.75, 3.05) is 6.54 Å². The number of hydrogen-bond donors (Lipinski definition) is 2. The van der Waals surface area contributed by atoms with Gasteiger partial charge in [0.2, 0.25) is 5.91 Å². The Morgan fingerprint density at radius 1 is 1.33 bits per heavy atom. The number of carbonyl (C=O) groups excluding carboxylic acids is 2. The van der Waals surface area contributed by atoms with Gasteiger partial charge in [0, 0.05) is 16.8 Å². The van der Waals surface area contributed by atoms with Crippen LogP contribution in [0, 0.1) is 0 Å². The lowest BCUT2D eigenvalue weighted by Crippen LogP contribution is -2.41. The van der Waals surface area contributed by atoms with Crippen LogP contribution in [0.1, 0.15) is 47.5 Å². The maximum absolute atomic E-state index is 12.4. The Morgan fingerprint density at radius 3 is 2.79 bits per heavy atom. The topological polar surface area (TPSA) is 103 Å². The number of primary amides is 1. The molecule has 0 atom stereocenters. The molecule has 0 spiro atoms. The summed E-state index contributed by atoms with van der Waals surface area (Å²) in [5, 5.41) is 12.6. The summed E-state index contributed by atoms with van der Waals surface area (Å²) in [7, 11) is 0. The highest BCUT2D eigenvalue weighted by atomic mass is 32.1. The van der Waals surface area contributed by atoms with Gasteiger partial charge in [0.15, 0.2) is 5.69 Å². The first kappa shape index (κ1) is 16.6. The average Bonchev–Trinajstić information content (AvgIpc) is 3.25. The van der Waals surface area contributed by atoms with Gasteiger partial charge in [-0.2, -0.15) is 0 Å². The van der Waals surface area contributed by atoms with Crippen LogP contribution in [-0.2, 0) is 16.8 Å². The first-order valence-electron chi connectivity index (χ1n) is 8.10. The Hall–Kier alpha value is -2.22. The van der Waals surface area contributed by atoms with E-state index >= 15 is 0 Å². The van der Waals surface area contributed by atoms with Crippen LogP contribution in [0.4, 0.5) is 0 Å². The lowest BCUT2D eigenvalue weighted by molar-refractivity contribution is -0.118. The molecule has 0 aliphatic heterocycles. The third kappa shape index (κ3) is 3.64. The number of nitrogens with one attached hydrogen (secondary N) is 1. The molecule has 2 heterocycles. The van der Waals surface area contributed by atoms with Crippen molar-refractivity contribution in [1.82, 2.24) is 20.3 Å². The van der Waals surface area contributed by atoms with Gasteiger partial charge in [0.05, 0.1) is 6.20 Å². The van der Waals surface area contributed by atoms with Gasteiger partial charge in [-0.25, -0.2) is 4.68 Å². The molecule has 0 radical (unpaired) electrons. The van der Waals surface area contributed by atoms with E-state index in [2.05, 4.69) is 33.1 Å². The summed E-state index contributed by atoms with van der Waals surface area (Å²) in [5.74, 6) is -0.794. The maximum atomic E-state index is 12.4. The average molecular weight is 347 g/mol. The SMILES string of the molecule is NC(=O)Cn1cc(C(=O)NCC2(c3cccs3)CCCCC2)nn1. The molecule has 2 aromatic rings. The number of nitrogens with zero attached hydrogens (tertiary/aromatic N) is 3. The zero-order valence-corrected chi connectivity index (χ0v) is 14.2. The van der Waals surface area contributed by atoms with E-state index < -0.39 is 5.91 Å². The molecule has 24 heavy (non-hydrogen) atoms. The molecule has 0 saturated heterocycles. The minimum atomic E-state index is -0.522. The third-order valence-corrected chi connectivity index (χ3v) is 5.65. The van der Waals surface area contributed by atoms with Gasteiger partial charge in [-0.15, -0.1) is 16.4 Å². The van der Waals surface area contributed by atoms with Crippen LogP contribution >= 0.6 is 11.3 Å². The van der Waals surface area contributed by atoms with Gasteiger partial charge < -0.3 is 11.1 Å². The normalized spacial score (nSPS) is 16.7. The Morgan fingerprint density at radius 2 is 2.12 bits per heavy atom. The van der Waals surface area contributed by atoms with Gasteiger partial charge in [0.25, 0.3) is 5.91 Å². The fraction of sp³-hybridized carbons (Fsp3) is 0.500. The monoisotopic (exact) mass is 347 g/mol. The quantitative estimate of drug-likeness (QED) is 0.825. The molecule has 128 valence electrons. The van der Waals surface area contributed by atoms with Gasteiger partial charge in [-0.05, 0) is 24.3 Å². The highest BCUT2D eigenvalue weighted by molar-refractivity contribution is 7.10. The third-order valence-electron chi connectivity index (χ3n) is 4.53. The van der Waals surface area contributed by atoms with Gasteiger partial charge in [-0.1, -0.05) is 30.5 Å². The summed E-state index contributed by atoms with van der Waals surface area (Å²) >= 11 is 1.75. The van der Waals surface area contributed by atoms with E-state index in [0.29, 0.717) is 6.54 Å². The molecule has 7 nitrogen and oxygen atoms in total. The second kappa shape index (κ2) is 7.12. The van der Waals surface area contributed by atoms with Crippen molar-refractivity contribution in [3.8, 4) is 0 Å². The highest BCUT2D eigenvalue weighted by Crippen LogP contribution is 2.41. The molecule has 1 aliphatic carbocycles. The summed E-state index contributed by atoms with van der Waals surface area (Å²) in [6.07, 6.45) is 7.23. The van der Waals surface area contributed by atoms with Crippen LogP contribution in [-0.4, -0.2) is 33.4 Å². The minimum absolute atomic E-state index is 0.0191. The van der Waals surface area contributed by atoms with Crippen molar-refractivity contribution >= 4 is 23.2 Å². The molecular weight excluding hydrogens is 326 g/mol. The molecule has 0 unspecified atom stereocenters. The Kier molecular flexibility index (Phi) is 4.94. The summed E-state index contributed by atoms with van der Waals surface area (Å²) in [4.78, 5) is 24.6. The van der Waals surface area contributed by atoms with Crippen LogP contribution in [0.25, 0.3) is 0 Å². The number of nitrogens with two attached hydrogens (primary N) is 1. The molecule has 0 bridgehead atoms. The van der Waals surface area contributed by atoms with E-state index in [1.54, 1.807) is 11.3 Å². The van der Waals surface area contributed by atoms with E-state index in [9.17, 15) is 9.59 Å². The van der Waals surface area contributed by atoms with Crippen LogP contribution in [0.3, 0.4) is 0 Å². The second-order valence-corrected chi connectivity index (χ2v) is 7.22. The number of aromatic nitrogens is 3. The van der Waals surface area contributed by atoms with E-state index in [4.69, 9.17) is 5.73 Å². The van der Waals surface area contributed by atoms with Crippen molar-refractivity contribution in [3.05, 3.63) is 34.3 Å². The molecule has 1 saturated carbocycles. The number of thiophene rings is 1. The van der Waals surface area contributed by atoms with Crippen LogP contribution in [0.5, 0.6) is 0 Å². The zero-order valence-electron chi connectivity index (χ0n) is 13.4. The van der Waals surface area contributed by atoms with Crippen LogP contribution < -0.4 is 11.1 Å². The number of amides is 2. The summed E-state index contributed by atoms with van der Waals surface area (Å²) in [6.45, 7) is 0.508. The highest BCUT2D eigenvalue weighted by Gasteiger charge is 2.35. The van der Waals surface area contributed by atoms with E-state index in [1.807, 2.05) is 0 Å². The van der Waals surface area contributed by atoms with Gasteiger partial charge in [0.1, 0.15) is 6.54 Å². The van der Waals surface area contributed by atoms with Crippen molar-refractivity contribution in [2.24, 2.45) is 5.73 Å². The lowest BCUT2D eigenvalue weighted by Gasteiger charge is -2.36. The lowest BCUT2D eigenvalue weighted by atomic mass is 9.73. The van der Waals surface area contributed by atoms with Crippen molar-refractivity contribution in [3.63, 3.8) is 0 Å². The summed E-state index contributed by atoms with van der Waals surface area (Å²) in [5.41, 5.74) is 5.33. The predicted octanol–water partition coefficient (Wildman–Crippen LogP) is 1.46. The molecule has 2 aromatic heterocycles. The first-order chi connectivity index (χ1) is 11.6. The molecule has 1 aliphatic rings. The standard InChI is InChI=1S/C16H21N5O2S/c17-14(22)10-21-9-12(19-20-21)15(23)18-11-16(6-2-1-3-7-16)13-5-4-8-24-13/h4-5,8-9H,1-3,6-7,10-11H2,(H2,17,22)(H,18,23). The Balaban J connectivity index is 1.67. The molecule has 2 amide bonds. The largest absolute Gasteiger partial charge is 0.368 e. The Labute approximate surface area is 144 Å². The van der Waals surface area contributed by atoms with Crippen LogP contribution in [0.2, 0.25) is 0 Å². The number of rotatable bonds is 6. The summed E-state index contributed by atoms with van der Waals surface area (Å²) < 4.78 is 1.27.